The molecule has 2 N–H and O–H groups in total. The molecule has 4 heteroatoms. The Bertz CT molecular complexity index is 514. The van der Waals surface area contributed by atoms with Gasteiger partial charge in [-0.2, -0.15) is 0 Å². The molecule has 0 aliphatic rings. The quantitative estimate of drug-likeness (QED) is 0.793. The Kier molecular flexibility index (Phi) is 6.78. The summed E-state index contributed by atoms with van der Waals surface area (Å²) in [5.41, 5.74) is 2.27. The summed E-state index contributed by atoms with van der Waals surface area (Å²) in [6.45, 7) is 4.84. The van der Waals surface area contributed by atoms with Crippen LogP contribution < -0.4 is 0 Å². The lowest BCUT2D eigenvalue weighted by Crippen LogP contribution is -2.32. The largest absolute Gasteiger partial charge is 0.396 e. The average molecular weight is 275 g/mol. The molecule has 0 saturated carbocycles. The van der Waals surface area contributed by atoms with Crippen LogP contribution in [0.4, 0.5) is 0 Å². The second-order valence-electron chi connectivity index (χ2n) is 4.51. The van der Waals surface area contributed by atoms with Gasteiger partial charge in [0.15, 0.2) is 0 Å². The fourth-order valence-electron chi connectivity index (χ4n) is 1.97. The Morgan fingerprint density at radius 3 is 2.65 bits per heavy atom. The van der Waals surface area contributed by atoms with Crippen molar-refractivity contribution in [3.8, 4) is 11.8 Å². The first-order valence-electron chi connectivity index (χ1n) is 6.74. The fraction of sp³-hybridized carbons (Fsp3) is 0.438. The molecule has 0 bridgehead atoms. The highest BCUT2D eigenvalue weighted by atomic mass is 16.3. The Hall–Kier alpha value is -1.83. The van der Waals surface area contributed by atoms with Crippen LogP contribution in [-0.2, 0) is 0 Å². The van der Waals surface area contributed by atoms with E-state index in [1.165, 1.54) is 0 Å². The molecule has 0 spiro atoms. The highest BCUT2D eigenvalue weighted by molar-refractivity contribution is 5.94. The molecule has 0 radical (unpaired) electrons. The highest BCUT2D eigenvalue weighted by Crippen LogP contribution is 2.12. The van der Waals surface area contributed by atoms with Gasteiger partial charge in [0, 0.05) is 30.8 Å². The van der Waals surface area contributed by atoms with E-state index in [1.54, 1.807) is 11.0 Å². The van der Waals surface area contributed by atoms with Crippen molar-refractivity contribution in [2.45, 2.75) is 20.3 Å². The van der Waals surface area contributed by atoms with E-state index in [9.17, 15) is 4.79 Å². The molecule has 0 heterocycles. The summed E-state index contributed by atoms with van der Waals surface area (Å²) in [4.78, 5) is 14.1. The number of nitrogens with zero attached hydrogens (tertiary/aromatic N) is 1. The van der Waals surface area contributed by atoms with Gasteiger partial charge in [-0.3, -0.25) is 4.79 Å². The van der Waals surface area contributed by atoms with Crippen molar-refractivity contribution in [3.63, 3.8) is 0 Å². The average Bonchev–Trinajstić information content (AvgIpc) is 2.45. The van der Waals surface area contributed by atoms with Crippen LogP contribution in [0.2, 0.25) is 0 Å². The molecule has 0 aliphatic heterocycles. The third-order valence-electron chi connectivity index (χ3n) is 2.89. The van der Waals surface area contributed by atoms with Crippen LogP contribution >= 0.6 is 0 Å². The minimum Gasteiger partial charge on any atom is -0.396 e. The third kappa shape index (κ3) is 4.69. The number of rotatable bonds is 5. The molecule has 0 unspecified atom stereocenters. The number of carbonyl (C=O) groups is 1. The molecular weight excluding hydrogens is 254 g/mol. The Morgan fingerprint density at radius 1 is 1.30 bits per heavy atom. The lowest BCUT2D eigenvalue weighted by Gasteiger charge is -2.20. The first-order valence-corrected chi connectivity index (χ1v) is 6.74. The SMILES string of the molecule is CCN(CCCO)C(=O)c1cc(C)cc(C#CCO)c1. The van der Waals surface area contributed by atoms with E-state index in [0.29, 0.717) is 25.1 Å². The molecule has 1 amide bonds. The van der Waals surface area contributed by atoms with E-state index < -0.39 is 0 Å². The van der Waals surface area contributed by atoms with Gasteiger partial charge in [-0.1, -0.05) is 11.8 Å². The lowest BCUT2D eigenvalue weighted by atomic mass is 10.1. The molecule has 0 aliphatic carbocycles. The topological polar surface area (TPSA) is 60.8 Å². The van der Waals surface area contributed by atoms with Gasteiger partial charge < -0.3 is 15.1 Å². The maximum atomic E-state index is 12.4. The first-order chi connectivity index (χ1) is 9.62. The summed E-state index contributed by atoms with van der Waals surface area (Å²) < 4.78 is 0. The summed E-state index contributed by atoms with van der Waals surface area (Å²) in [6.07, 6.45) is 0.572. The van der Waals surface area contributed by atoms with Gasteiger partial charge in [0.25, 0.3) is 5.91 Å². The van der Waals surface area contributed by atoms with Gasteiger partial charge >= 0.3 is 0 Å². The van der Waals surface area contributed by atoms with E-state index in [4.69, 9.17) is 10.2 Å². The molecule has 0 aromatic heterocycles. The molecule has 1 aromatic rings. The van der Waals surface area contributed by atoms with Gasteiger partial charge in [0.2, 0.25) is 0 Å². The van der Waals surface area contributed by atoms with Crippen LogP contribution in [-0.4, -0.2) is 47.3 Å². The molecule has 0 atom stereocenters. The minimum atomic E-state index is -0.200. The van der Waals surface area contributed by atoms with E-state index in [-0.39, 0.29) is 19.1 Å². The van der Waals surface area contributed by atoms with Crippen LogP contribution in [0.5, 0.6) is 0 Å². The summed E-state index contributed by atoms with van der Waals surface area (Å²) >= 11 is 0. The number of carbonyl (C=O) groups excluding carboxylic acids is 1. The van der Waals surface area contributed by atoms with Crippen LogP contribution in [0.25, 0.3) is 0 Å². The Labute approximate surface area is 120 Å². The second-order valence-corrected chi connectivity index (χ2v) is 4.51. The maximum absolute atomic E-state index is 12.4. The van der Waals surface area contributed by atoms with E-state index >= 15 is 0 Å². The van der Waals surface area contributed by atoms with E-state index in [1.807, 2.05) is 26.0 Å². The van der Waals surface area contributed by atoms with Gasteiger partial charge in [-0.05, 0) is 44.0 Å². The normalized spacial score (nSPS) is 9.80. The molecule has 1 aromatic carbocycles. The van der Waals surface area contributed by atoms with E-state index in [2.05, 4.69) is 11.8 Å². The van der Waals surface area contributed by atoms with Crippen molar-refractivity contribution >= 4 is 5.91 Å². The number of benzene rings is 1. The van der Waals surface area contributed by atoms with Crippen molar-refractivity contribution in [2.75, 3.05) is 26.3 Å². The van der Waals surface area contributed by atoms with Crippen LogP contribution in [0.1, 0.15) is 34.8 Å². The molecule has 1 rings (SSSR count). The number of aryl methyl sites for hydroxylation is 1. The molecule has 20 heavy (non-hydrogen) atoms. The van der Waals surface area contributed by atoms with Crippen molar-refractivity contribution < 1.29 is 15.0 Å². The maximum Gasteiger partial charge on any atom is 0.253 e. The fourth-order valence-corrected chi connectivity index (χ4v) is 1.97. The van der Waals surface area contributed by atoms with Crippen LogP contribution in [0, 0.1) is 18.8 Å². The predicted octanol–water partition coefficient (Wildman–Crippen LogP) is 1.18. The summed E-state index contributed by atoms with van der Waals surface area (Å²) in [6, 6.07) is 5.44. The van der Waals surface area contributed by atoms with Crippen molar-refractivity contribution in [2.24, 2.45) is 0 Å². The van der Waals surface area contributed by atoms with Crippen LogP contribution in [0.15, 0.2) is 18.2 Å². The number of amides is 1. The molecule has 0 fully saturated rings. The third-order valence-corrected chi connectivity index (χ3v) is 2.89. The van der Waals surface area contributed by atoms with Gasteiger partial charge in [0.05, 0.1) is 0 Å². The van der Waals surface area contributed by atoms with Crippen molar-refractivity contribution in [3.05, 3.63) is 34.9 Å². The second kappa shape index (κ2) is 8.36. The predicted molar refractivity (Wildman–Crippen MR) is 78.4 cm³/mol. The van der Waals surface area contributed by atoms with Gasteiger partial charge in [-0.15, -0.1) is 0 Å². The number of hydrogen-bond donors (Lipinski definition) is 2. The van der Waals surface area contributed by atoms with Gasteiger partial charge in [0.1, 0.15) is 6.61 Å². The molecule has 0 saturated heterocycles. The molecular formula is C16H21NO3. The zero-order valence-electron chi connectivity index (χ0n) is 12.0. The molecule has 4 nitrogen and oxygen atoms in total. The molecule has 108 valence electrons. The van der Waals surface area contributed by atoms with Gasteiger partial charge in [-0.25, -0.2) is 0 Å². The zero-order valence-corrected chi connectivity index (χ0v) is 12.0. The number of aliphatic hydroxyl groups excluding tert-OH is 2. The highest BCUT2D eigenvalue weighted by Gasteiger charge is 2.14. The standard InChI is InChI=1S/C16H21NO3/c1-3-17(7-5-9-19)16(20)15-11-13(2)10-14(12-15)6-4-8-18/h10-12,18-19H,3,5,7-9H2,1-2H3. The van der Waals surface area contributed by atoms with Crippen molar-refractivity contribution in [1.29, 1.82) is 0 Å². The summed E-state index contributed by atoms with van der Waals surface area (Å²) in [5.74, 6) is 5.34. The van der Waals surface area contributed by atoms with Crippen LogP contribution in [0.3, 0.4) is 0 Å². The lowest BCUT2D eigenvalue weighted by molar-refractivity contribution is 0.0754. The smallest absolute Gasteiger partial charge is 0.253 e. The van der Waals surface area contributed by atoms with E-state index in [0.717, 1.165) is 11.1 Å². The zero-order chi connectivity index (χ0) is 15.0. The monoisotopic (exact) mass is 275 g/mol. The summed E-state index contributed by atoms with van der Waals surface area (Å²) in [7, 11) is 0. The number of aliphatic hydroxyl groups is 2. The Balaban J connectivity index is 2.99. The van der Waals surface area contributed by atoms with Crippen molar-refractivity contribution in [1.82, 2.24) is 4.90 Å². The first kappa shape index (κ1) is 16.2. The number of hydrogen-bond acceptors (Lipinski definition) is 3. The summed E-state index contributed by atoms with van der Waals surface area (Å²) in [5, 5.41) is 17.6. The Morgan fingerprint density at radius 2 is 2.05 bits per heavy atom. The minimum absolute atomic E-state index is 0.0586.